The molecule has 14 heteroatoms. The maximum Gasteiger partial charge on any atom is 0.308 e. The van der Waals surface area contributed by atoms with E-state index in [1.165, 1.54) is 26.5 Å². The Morgan fingerprint density at radius 3 is 2.33 bits per heavy atom. The zero-order valence-electron chi connectivity index (χ0n) is 22.9. The molecule has 0 N–H and O–H groups in total. The van der Waals surface area contributed by atoms with E-state index >= 15 is 0 Å². The summed E-state index contributed by atoms with van der Waals surface area (Å²) < 4.78 is 41.2. The Kier molecular flexibility index (Phi) is 7.12. The smallest absolute Gasteiger partial charge is 0.308 e. The van der Waals surface area contributed by atoms with Gasteiger partial charge in [0, 0.05) is 63.5 Å². The van der Waals surface area contributed by atoms with Crippen LogP contribution in [0.1, 0.15) is 18.8 Å². The molecule has 40 heavy (non-hydrogen) atoms. The fourth-order valence-electron chi connectivity index (χ4n) is 4.28. The largest absolute Gasteiger partial charge is 0.497 e. The minimum absolute atomic E-state index is 0.285. The molecule has 0 amide bonds. The van der Waals surface area contributed by atoms with Crippen LogP contribution in [0.3, 0.4) is 0 Å². The third kappa shape index (κ3) is 4.94. The van der Waals surface area contributed by atoms with Crippen LogP contribution in [0, 0.1) is 0 Å². The number of hydrogen-bond donors (Lipinski definition) is 0. The number of aromatic nitrogens is 7. The Morgan fingerprint density at radius 2 is 1.70 bits per heavy atom. The number of nitrogens with zero attached hydrogens (tertiary/aromatic N) is 9. The summed E-state index contributed by atoms with van der Waals surface area (Å²) in [5, 5.41) is 4.22. The van der Waals surface area contributed by atoms with E-state index < -0.39 is 16.3 Å². The first-order valence-electron chi connectivity index (χ1n) is 12.2. The molecule has 1 unspecified atom stereocenters. The summed E-state index contributed by atoms with van der Waals surface area (Å²) in [6.07, 6.45) is 8.11. The van der Waals surface area contributed by atoms with Gasteiger partial charge in [-0.15, -0.1) is 0 Å². The molecule has 0 fully saturated rings. The van der Waals surface area contributed by atoms with Crippen LogP contribution in [0.5, 0.6) is 11.5 Å². The highest BCUT2D eigenvalue weighted by Crippen LogP contribution is 2.38. The van der Waals surface area contributed by atoms with Crippen molar-refractivity contribution >= 4 is 32.9 Å². The Balaban J connectivity index is 1.70. The molecule has 0 bridgehead atoms. The van der Waals surface area contributed by atoms with Gasteiger partial charge < -0.3 is 14.4 Å². The number of anilines is 2. The van der Waals surface area contributed by atoms with Gasteiger partial charge in [0.1, 0.15) is 28.7 Å². The van der Waals surface area contributed by atoms with Gasteiger partial charge >= 0.3 is 10.2 Å². The molecule has 4 aromatic heterocycles. The molecule has 0 aliphatic carbocycles. The third-order valence-electron chi connectivity index (χ3n) is 6.36. The normalized spacial score (nSPS) is 12.6. The number of methoxy groups -OCH3 is 2. The average molecular weight is 564 g/mol. The molecule has 4 heterocycles. The van der Waals surface area contributed by atoms with Gasteiger partial charge in [0.25, 0.3) is 0 Å². The Morgan fingerprint density at radius 1 is 0.975 bits per heavy atom. The molecule has 208 valence electrons. The highest BCUT2D eigenvalue weighted by Gasteiger charge is 2.29. The monoisotopic (exact) mass is 563 g/mol. The van der Waals surface area contributed by atoms with Crippen LogP contribution >= 0.6 is 0 Å². The second-order valence-electron chi connectivity index (χ2n) is 9.16. The highest BCUT2D eigenvalue weighted by atomic mass is 32.2. The first kappa shape index (κ1) is 27.0. The van der Waals surface area contributed by atoms with E-state index in [1.54, 1.807) is 43.4 Å². The lowest BCUT2D eigenvalue weighted by Crippen LogP contribution is -2.33. The molecule has 0 radical (unpaired) electrons. The average Bonchev–Trinajstić information content (AvgIpc) is 3.62. The Labute approximate surface area is 231 Å². The van der Waals surface area contributed by atoms with Crippen LogP contribution < -0.4 is 14.4 Å². The summed E-state index contributed by atoms with van der Waals surface area (Å²) in [4.78, 5) is 20.4. The van der Waals surface area contributed by atoms with E-state index in [0.29, 0.717) is 39.9 Å². The summed E-state index contributed by atoms with van der Waals surface area (Å²) in [6.45, 7) is 1.85. The fraction of sp³-hybridized carbons (Fsp3) is 0.269. The van der Waals surface area contributed by atoms with Gasteiger partial charge in [0.2, 0.25) is 0 Å². The zero-order valence-corrected chi connectivity index (χ0v) is 23.7. The summed E-state index contributed by atoms with van der Waals surface area (Å²) in [5.41, 5.74) is 3.09. The minimum atomic E-state index is -3.84. The Hall–Kier alpha value is -4.56. The number of fused-ring (bicyclic) bond motifs is 1. The van der Waals surface area contributed by atoms with E-state index in [2.05, 4.69) is 15.1 Å². The first-order chi connectivity index (χ1) is 19.1. The zero-order chi connectivity index (χ0) is 28.6. The van der Waals surface area contributed by atoms with E-state index in [1.807, 2.05) is 43.3 Å². The van der Waals surface area contributed by atoms with Crippen molar-refractivity contribution in [3.63, 3.8) is 0 Å². The lowest BCUT2D eigenvalue weighted by molar-refractivity contribution is 0.394. The van der Waals surface area contributed by atoms with Crippen LogP contribution in [0.25, 0.3) is 22.4 Å². The van der Waals surface area contributed by atoms with E-state index in [9.17, 15) is 8.42 Å². The van der Waals surface area contributed by atoms with Crippen molar-refractivity contribution in [2.45, 2.75) is 13.0 Å². The molecule has 0 aliphatic heterocycles. The molecule has 1 aromatic carbocycles. The van der Waals surface area contributed by atoms with Crippen LogP contribution in [-0.4, -0.2) is 74.7 Å². The molecule has 0 saturated heterocycles. The molecule has 0 saturated carbocycles. The van der Waals surface area contributed by atoms with E-state index in [0.717, 1.165) is 13.8 Å². The van der Waals surface area contributed by atoms with Gasteiger partial charge in [-0.25, -0.2) is 18.9 Å². The van der Waals surface area contributed by atoms with Gasteiger partial charge in [-0.3, -0.25) is 9.67 Å². The summed E-state index contributed by atoms with van der Waals surface area (Å²) in [6, 6.07) is 8.39. The van der Waals surface area contributed by atoms with Gasteiger partial charge in [-0.2, -0.15) is 17.8 Å². The van der Waals surface area contributed by atoms with Crippen LogP contribution in [0.15, 0.2) is 61.3 Å². The van der Waals surface area contributed by atoms with Crippen molar-refractivity contribution in [1.82, 2.24) is 38.0 Å². The van der Waals surface area contributed by atoms with Crippen molar-refractivity contribution in [2.75, 3.05) is 33.2 Å². The third-order valence-corrected chi connectivity index (χ3v) is 8.09. The van der Waals surface area contributed by atoms with Crippen LogP contribution in [0.4, 0.5) is 11.5 Å². The second kappa shape index (κ2) is 10.5. The first-order valence-corrected chi connectivity index (χ1v) is 13.6. The summed E-state index contributed by atoms with van der Waals surface area (Å²) >= 11 is 0. The molecular weight excluding hydrogens is 534 g/mol. The number of imidazole rings is 1. The van der Waals surface area contributed by atoms with Gasteiger partial charge in [-0.05, 0) is 19.1 Å². The predicted octanol–water partition coefficient (Wildman–Crippen LogP) is 3.19. The van der Waals surface area contributed by atoms with Gasteiger partial charge in [0.15, 0.2) is 5.65 Å². The maximum atomic E-state index is 13.1. The second-order valence-corrected chi connectivity index (χ2v) is 11.2. The molecular formula is C26H29N9O4S. The topological polar surface area (TPSA) is 133 Å². The predicted molar refractivity (Wildman–Crippen MR) is 150 cm³/mol. The number of hydrogen-bond acceptors (Lipinski definition) is 10. The van der Waals surface area contributed by atoms with Crippen LogP contribution in [0.2, 0.25) is 0 Å². The highest BCUT2D eigenvalue weighted by molar-refractivity contribution is 7.87. The number of aryl methyl sites for hydroxylation is 1. The van der Waals surface area contributed by atoms with E-state index in [-0.39, 0.29) is 5.82 Å². The lowest BCUT2D eigenvalue weighted by Gasteiger charge is -2.31. The lowest BCUT2D eigenvalue weighted by atomic mass is 10.2. The molecule has 5 rings (SSSR count). The van der Waals surface area contributed by atoms with Crippen molar-refractivity contribution in [2.24, 2.45) is 7.05 Å². The van der Waals surface area contributed by atoms with Crippen molar-refractivity contribution in [3.05, 3.63) is 67.1 Å². The minimum Gasteiger partial charge on any atom is -0.497 e. The SMILES string of the molecule is COc1cc(OC)cc(N(c2ccc3ncc(-c4cnn(C)c4)nc3n2)C(C)c2nccn2S(=O)(=O)N(C)C)c1. The maximum absolute atomic E-state index is 13.1. The summed E-state index contributed by atoms with van der Waals surface area (Å²) in [7, 11) is 4.05. The van der Waals surface area contributed by atoms with Crippen LogP contribution in [-0.2, 0) is 17.3 Å². The van der Waals surface area contributed by atoms with Crippen molar-refractivity contribution < 1.29 is 17.9 Å². The van der Waals surface area contributed by atoms with Crippen molar-refractivity contribution in [1.29, 1.82) is 0 Å². The fourth-order valence-corrected chi connectivity index (χ4v) is 5.28. The molecule has 5 aromatic rings. The summed E-state index contributed by atoms with van der Waals surface area (Å²) in [5.74, 6) is 1.88. The number of rotatable bonds is 9. The number of ether oxygens (including phenoxy) is 2. The standard InChI is InChI=1S/C26H29N9O4S/c1-17(26-27-9-10-34(26)40(36,37)32(2)3)35(19-11-20(38-5)13-21(12-19)39-6)24-8-7-22-25(31-24)30-23(15-28-22)18-14-29-33(4)16-18/h7-17H,1-6H3. The molecule has 0 spiro atoms. The number of pyridine rings is 1. The van der Waals surface area contributed by atoms with Gasteiger partial charge in [0.05, 0.1) is 44.0 Å². The number of benzene rings is 1. The molecule has 1 atom stereocenters. The Bertz CT molecular complexity index is 1760. The van der Waals surface area contributed by atoms with Crippen molar-refractivity contribution in [3.8, 4) is 22.8 Å². The quantitative estimate of drug-likeness (QED) is 0.263. The molecule has 13 nitrogen and oxygen atoms in total. The molecule has 0 aliphatic rings. The van der Waals surface area contributed by atoms with E-state index in [4.69, 9.17) is 19.4 Å². The van der Waals surface area contributed by atoms with Gasteiger partial charge in [-0.1, -0.05) is 0 Å².